The Labute approximate surface area is 307 Å². The summed E-state index contributed by atoms with van der Waals surface area (Å²) in [5, 5.41) is 0. The maximum Gasteiger partial charge on any atom is -1.00 e. The zero-order chi connectivity index (χ0) is 34.2. The molecule has 4 aromatic carbocycles. The molecule has 1 saturated heterocycles. The van der Waals surface area contributed by atoms with E-state index in [4.69, 9.17) is 0 Å². The Bertz CT molecular complexity index is 1800. The number of alkyl halides is 6. The first kappa shape index (κ1) is 38.6. The minimum atomic E-state index is -4.38. The van der Waals surface area contributed by atoms with E-state index in [1.54, 1.807) is 24.3 Å². The molecule has 2 atom stereocenters. The molecule has 2 aliphatic carbocycles. The normalized spacial score (nSPS) is 18.6. The second-order valence-corrected chi connectivity index (χ2v) is 30.9. The molecule has 0 radical (unpaired) electrons. The zero-order valence-corrected chi connectivity index (χ0v) is 33.3. The van der Waals surface area contributed by atoms with E-state index in [1.807, 2.05) is 12.1 Å². The van der Waals surface area contributed by atoms with Crippen LogP contribution < -0.4 is 24.8 Å². The quantitative estimate of drug-likeness (QED) is 0.141. The van der Waals surface area contributed by atoms with Crippen molar-refractivity contribution in [3.05, 3.63) is 129 Å². The number of allylic oxidation sites excluding steroid dienone is 2. The Morgan fingerprint density at radius 2 is 0.900 bits per heavy atom. The standard InChI is InChI=1S/2C19H16F3.C3H6.2ClH.Hf/c2*1-12(2)15-10-14-4-3-5-17(18(14)11-15)13-6-8-16(9-7-13)19(20,21)22;1-3-2;;;/h2*3-12H,1-2H3;1-3H2;2*1H;/q;;;;;+2/p-2. The third kappa shape index (κ3) is 6.49. The molecule has 262 valence electrons. The zero-order valence-electron chi connectivity index (χ0n) is 28.2. The van der Waals surface area contributed by atoms with Crippen molar-refractivity contribution in [2.24, 2.45) is 11.8 Å². The Hall–Kier alpha value is -2.61. The van der Waals surface area contributed by atoms with Crippen LogP contribution in [0, 0.1) is 11.8 Å². The Kier molecular flexibility index (Phi) is 10.9. The van der Waals surface area contributed by atoms with Gasteiger partial charge < -0.3 is 24.8 Å². The summed E-state index contributed by atoms with van der Waals surface area (Å²) in [7, 11) is 0. The van der Waals surface area contributed by atoms with E-state index in [-0.39, 0.29) is 24.8 Å². The molecule has 0 aromatic heterocycles. The predicted molar refractivity (Wildman–Crippen MR) is 179 cm³/mol. The smallest absolute Gasteiger partial charge is 1.00 e. The first-order valence-corrected chi connectivity index (χ1v) is 26.0. The van der Waals surface area contributed by atoms with Gasteiger partial charge in [0, 0.05) is 0 Å². The molecule has 0 nitrogen and oxygen atoms in total. The van der Waals surface area contributed by atoms with Crippen LogP contribution in [0.5, 0.6) is 0 Å². The van der Waals surface area contributed by atoms with Crippen LogP contribution in [0.2, 0.25) is 8.35 Å². The fourth-order valence-electron chi connectivity index (χ4n) is 8.64. The van der Waals surface area contributed by atoms with Crippen LogP contribution in [0.15, 0.2) is 96.1 Å². The maximum absolute atomic E-state index is 13.4. The summed E-state index contributed by atoms with van der Waals surface area (Å²) < 4.78 is 83.5. The van der Waals surface area contributed by atoms with Gasteiger partial charge in [-0.25, -0.2) is 0 Å². The van der Waals surface area contributed by atoms with Gasteiger partial charge in [-0.2, -0.15) is 0 Å². The van der Waals surface area contributed by atoms with Gasteiger partial charge in [-0.1, -0.05) is 0 Å². The molecule has 0 saturated carbocycles. The summed E-state index contributed by atoms with van der Waals surface area (Å²) in [5.41, 5.74) is 10.1. The Morgan fingerprint density at radius 3 is 1.18 bits per heavy atom. The molecule has 1 aliphatic heterocycles. The summed E-state index contributed by atoms with van der Waals surface area (Å²) in [5.74, 6) is 0.623. The minimum absolute atomic E-state index is 0. The van der Waals surface area contributed by atoms with Gasteiger partial charge in [0.05, 0.1) is 0 Å². The third-order valence-corrected chi connectivity index (χ3v) is 33.1. The largest absolute Gasteiger partial charge is 1.00 e. The number of benzene rings is 4. The number of hydrogen-bond acceptors (Lipinski definition) is 0. The number of fused-ring (bicyclic) bond motifs is 2. The van der Waals surface area contributed by atoms with E-state index in [0.29, 0.717) is 19.2 Å². The van der Waals surface area contributed by atoms with Gasteiger partial charge in [0.2, 0.25) is 0 Å². The van der Waals surface area contributed by atoms with Crippen LogP contribution in [0.1, 0.15) is 74.8 Å². The molecule has 1 fully saturated rings. The molecule has 7 rings (SSSR count). The van der Waals surface area contributed by atoms with Crippen molar-refractivity contribution < 1.29 is 71.1 Å². The number of hydrogen-bond donors (Lipinski definition) is 0. The topological polar surface area (TPSA) is 0 Å². The van der Waals surface area contributed by atoms with Crippen molar-refractivity contribution in [3.63, 3.8) is 0 Å². The fraction of sp³-hybridized carbons (Fsp3) is 0.317. The third-order valence-electron chi connectivity index (χ3n) is 11.0. The summed E-state index contributed by atoms with van der Waals surface area (Å²) >= 11 is -3.42. The van der Waals surface area contributed by atoms with Gasteiger partial charge in [0.1, 0.15) is 0 Å². The molecule has 0 spiro atoms. The molecule has 0 amide bonds. The van der Waals surface area contributed by atoms with Crippen LogP contribution in [0.25, 0.3) is 34.4 Å². The van der Waals surface area contributed by atoms with Crippen LogP contribution in [0.4, 0.5) is 26.3 Å². The molecule has 0 N–H and O–H groups in total. The summed E-state index contributed by atoms with van der Waals surface area (Å²) in [6.07, 6.45) is -2.86. The van der Waals surface area contributed by atoms with Crippen molar-refractivity contribution in [2.75, 3.05) is 0 Å². The molecule has 2 unspecified atom stereocenters. The number of rotatable bonds is 6. The number of halogens is 8. The van der Waals surface area contributed by atoms with Gasteiger partial charge in [-0.3, -0.25) is 0 Å². The first-order chi connectivity index (χ1) is 22.7. The van der Waals surface area contributed by atoms with Crippen molar-refractivity contribution in [2.45, 2.75) is 62.2 Å². The first-order valence-electron chi connectivity index (χ1n) is 16.7. The summed E-state index contributed by atoms with van der Waals surface area (Å²) in [6, 6.07) is 23.8. The Balaban J connectivity index is 0.00000243. The summed E-state index contributed by atoms with van der Waals surface area (Å²) in [6.45, 7) is 9.03. The average molecular weight is 894 g/mol. The average Bonchev–Trinajstić information content (AvgIpc) is 3.61. The van der Waals surface area contributed by atoms with Crippen molar-refractivity contribution >= 4 is 12.2 Å². The van der Waals surface area contributed by atoms with Crippen molar-refractivity contribution in [1.82, 2.24) is 0 Å². The van der Waals surface area contributed by atoms with E-state index in [1.165, 1.54) is 61.3 Å². The second kappa shape index (κ2) is 14.1. The molecule has 3 aliphatic rings. The van der Waals surface area contributed by atoms with E-state index in [9.17, 15) is 26.3 Å². The molecule has 50 heavy (non-hydrogen) atoms. The molecular formula is C41H38Cl2F6Hf. The van der Waals surface area contributed by atoms with Crippen LogP contribution >= 0.6 is 0 Å². The van der Waals surface area contributed by atoms with Gasteiger partial charge in [0.15, 0.2) is 0 Å². The van der Waals surface area contributed by atoms with Gasteiger partial charge in [0.25, 0.3) is 0 Å². The van der Waals surface area contributed by atoms with Gasteiger partial charge in [-0.15, -0.1) is 0 Å². The van der Waals surface area contributed by atoms with Crippen LogP contribution in [0.3, 0.4) is 0 Å². The molecule has 1 heterocycles. The van der Waals surface area contributed by atoms with E-state index < -0.39 is 43.4 Å². The minimum Gasteiger partial charge on any atom is -1.00 e. The predicted octanol–water partition coefficient (Wildman–Crippen LogP) is 7.35. The fourth-order valence-corrected chi connectivity index (χ4v) is 32.2. The maximum atomic E-state index is 13.4. The summed E-state index contributed by atoms with van der Waals surface area (Å²) in [4.78, 5) is 0. The van der Waals surface area contributed by atoms with E-state index in [2.05, 4.69) is 64.1 Å². The van der Waals surface area contributed by atoms with Gasteiger partial charge >= 0.3 is 284 Å². The van der Waals surface area contributed by atoms with Gasteiger partial charge in [-0.05, 0) is 0 Å². The van der Waals surface area contributed by atoms with Crippen molar-refractivity contribution in [3.8, 4) is 22.3 Å². The van der Waals surface area contributed by atoms with Crippen molar-refractivity contribution in [1.29, 1.82) is 0 Å². The van der Waals surface area contributed by atoms with Crippen LogP contribution in [-0.4, -0.2) is 0 Å². The monoisotopic (exact) mass is 894 g/mol. The molecule has 4 aromatic rings. The van der Waals surface area contributed by atoms with Crippen LogP contribution in [-0.2, 0) is 32.3 Å². The van der Waals surface area contributed by atoms with E-state index >= 15 is 0 Å². The Morgan fingerprint density at radius 1 is 0.540 bits per heavy atom. The second-order valence-electron chi connectivity index (χ2n) is 14.3. The molecular weight excluding hydrogens is 856 g/mol. The SMILES string of the molecule is CC(C)C1=Cc2c(-c3ccc(C(F)(F)F)cc3)cccc2[CH]1[Hf+2]1([CH]2C(C(C)C)=Cc3c(-c4ccc(C(F)(F)F)cc4)cccc32)[CH2]C[CH2]1.[Cl-].[Cl-]. The molecule has 0 bridgehead atoms. The molecule has 9 heteroatoms. The van der Waals surface area contributed by atoms with E-state index in [0.717, 1.165) is 33.4 Å².